The molecular weight excluding hydrogens is 451 g/mol. The minimum atomic E-state index is -0.141. The lowest BCUT2D eigenvalue weighted by Gasteiger charge is -2.11. The predicted octanol–water partition coefficient (Wildman–Crippen LogP) is 6.28. The maximum atomic E-state index is 12.6. The molecule has 0 aliphatic rings. The molecule has 0 fully saturated rings. The van der Waals surface area contributed by atoms with Gasteiger partial charge in [-0.3, -0.25) is 9.36 Å². The van der Waals surface area contributed by atoms with Gasteiger partial charge in [0.25, 0.3) is 0 Å². The van der Waals surface area contributed by atoms with Crippen LogP contribution in [0.25, 0.3) is 17.1 Å². The van der Waals surface area contributed by atoms with Crippen LogP contribution in [-0.2, 0) is 4.79 Å². The van der Waals surface area contributed by atoms with Crippen molar-refractivity contribution in [1.82, 2.24) is 14.8 Å². The van der Waals surface area contributed by atoms with E-state index < -0.39 is 0 Å². The average Bonchev–Trinajstić information content (AvgIpc) is 3.19. The Morgan fingerprint density at radius 2 is 1.74 bits per heavy atom. The third-order valence-electron chi connectivity index (χ3n) is 4.56. The smallest absolute Gasteiger partial charge is 0.234 e. The molecule has 0 radical (unpaired) electrons. The van der Waals surface area contributed by atoms with Crippen molar-refractivity contribution in [1.29, 1.82) is 0 Å². The molecule has 1 N–H and O–H groups in total. The third kappa shape index (κ3) is 4.93. The summed E-state index contributed by atoms with van der Waals surface area (Å²) in [6.07, 6.45) is 0. The number of para-hydroxylation sites is 1. The highest BCUT2D eigenvalue weighted by atomic mass is 35.5. The van der Waals surface area contributed by atoms with E-state index >= 15 is 0 Å². The fourth-order valence-electron chi connectivity index (χ4n) is 3.07. The molecule has 1 amide bonds. The van der Waals surface area contributed by atoms with Crippen LogP contribution in [0.2, 0.25) is 10.0 Å². The largest absolute Gasteiger partial charge is 0.325 e. The van der Waals surface area contributed by atoms with Crippen molar-refractivity contribution in [3.63, 3.8) is 0 Å². The molecule has 0 saturated heterocycles. The summed E-state index contributed by atoms with van der Waals surface area (Å²) in [6.45, 7) is 1.90. The van der Waals surface area contributed by atoms with Gasteiger partial charge in [-0.05, 0) is 55.0 Å². The van der Waals surface area contributed by atoms with Crippen LogP contribution in [0.15, 0.2) is 78.0 Å². The number of aryl methyl sites for hydroxylation is 1. The highest BCUT2D eigenvalue weighted by Gasteiger charge is 2.19. The Balaban J connectivity index is 1.60. The van der Waals surface area contributed by atoms with Crippen LogP contribution in [0.3, 0.4) is 0 Å². The molecule has 5 nitrogen and oxygen atoms in total. The maximum Gasteiger partial charge on any atom is 0.234 e. The predicted molar refractivity (Wildman–Crippen MR) is 127 cm³/mol. The molecule has 1 aromatic heterocycles. The zero-order valence-electron chi connectivity index (χ0n) is 16.5. The standard InChI is InChI=1S/C23H18Cl2N4OS/c1-15-13-16(24)11-12-20(15)26-21(30)14-31-23-28-27-22(18-9-5-6-10-19(18)25)29(23)17-7-3-2-4-8-17/h2-13H,14H2,1H3,(H,26,30). The van der Waals surface area contributed by atoms with E-state index in [1.165, 1.54) is 11.8 Å². The first-order valence-corrected chi connectivity index (χ1v) is 11.2. The molecule has 4 aromatic rings. The van der Waals surface area contributed by atoms with Crippen molar-refractivity contribution in [2.24, 2.45) is 0 Å². The molecule has 0 atom stereocenters. The number of nitrogens with zero attached hydrogens (tertiary/aromatic N) is 3. The van der Waals surface area contributed by atoms with E-state index in [0.717, 1.165) is 22.5 Å². The highest BCUT2D eigenvalue weighted by Crippen LogP contribution is 2.32. The number of rotatable bonds is 6. The summed E-state index contributed by atoms with van der Waals surface area (Å²) in [5.74, 6) is 0.654. The minimum absolute atomic E-state index is 0.141. The normalized spacial score (nSPS) is 10.8. The lowest BCUT2D eigenvalue weighted by atomic mass is 10.2. The molecule has 0 aliphatic heterocycles. The van der Waals surface area contributed by atoms with Gasteiger partial charge >= 0.3 is 0 Å². The molecule has 4 rings (SSSR count). The number of nitrogens with one attached hydrogen (secondary N) is 1. The van der Waals surface area contributed by atoms with Crippen molar-refractivity contribution >= 4 is 46.6 Å². The zero-order valence-corrected chi connectivity index (χ0v) is 18.9. The number of hydrogen-bond donors (Lipinski definition) is 1. The van der Waals surface area contributed by atoms with Gasteiger partial charge in [0, 0.05) is 22.0 Å². The summed E-state index contributed by atoms with van der Waals surface area (Å²) >= 11 is 13.7. The lowest BCUT2D eigenvalue weighted by molar-refractivity contribution is -0.113. The molecule has 0 unspecified atom stereocenters. The zero-order chi connectivity index (χ0) is 21.8. The van der Waals surface area contributed by atoms with E-state index in [1.807, 2.05) is 72.2 Å². The van der Waals surface area contributed by atoms with Gasteiger partial charge in [0.05, 0.1) is 10.8 Å². The van der Waals surface area contributed by atoms with E-state index in [0.29, 0.717) is 21.0 Å². The van der Waals surface area contributed by atoms with E-state index in [2.05, 4.69) is 15.5 Å². The molecule has 0 aliphatic carbocycles. The fraction of sp³-hybridized carbons (Fsp3) is 0.0870. The van der Waals surface area contributed by atoms with Crippen molar-refractivity contribution in [3.05, 3.63) is 88.4 Å². The van der Waals surface area contributed by atoms with Gasteiger partial charge in [-0.1, -0.05) is 65.3 Å². The Bertz CT molecular complexity index is 1230. The van der Waals surface area contributed by atoms with Gasteiger partial charge in [-0.2, -0.15) is 0 Å². The van der Waals surface area contributed by atoms with E-state index in [4.69, 9.17) is 23.2 Å². The van der Waals surface area contributed by atoms with Gasteiger partial charge < -0.3 is 5.32 Å². The van der Waals surface area contributed by atoms with Crippen LogP contribution in [0.4, 0.5) is 5.69 Å². The van der Waals surface area contributed by atoms with Crippen LogP contribution >= 0.6 is 35.0 Å². The molecule has 1 heterocycles. The van der Waals surface area contributed by atoms with Crippen LogP contribution in [0, 0.1) is 6.92 Å². The topological polar surface area (TPSA) is 59.8 Å². The monoisotopic (exact) mass is 468 g/mol. The second-order valence-corrected chi connectivity index (χ2v) is 8.54. The van der Waals surface area contributed by atoms with Crippen LogP contribution in [0.5, 0.6) is 0 Å². The molecule has 0 spiro atoms. The number of aromatic nitrogens is 3. The molecule has 0 bridgehead atoms. The quantitative estimate of drug-likeness (QED) is 0.338. The number of amides is 1. The number of carbonyl (C=O) groups excluding carboxylic acids is 1. The summed E-state index contributed by atoms with van der Waals surface area (Å²) < 4.78 is 1.91. The Morgan fingerprint density at radius 1 is 1.00 bits per heavy atom. The Hall–Kier alpha value is -2.80. The van der Waals surface area contributed by atoms with Gasteiger partial charge in [-0.15, -0.1) is 10.2 Å². The molecule has 0 saturated carbocycles. The Kier molecular flexibility index (Phi) is 6.61. The number of benzene rings is 3. The van der Waals surface area contributed by atoms with E-state index in [9.17, 15) is 4.79 Å². The minimum Gasteiger partial charge on any atom is -0.325 e. The summed E-state index contributed by atoms with van der Waals surface area (Å²) in [5.41, 5.74) is 3.29. The number of thioether (sulfide) groups is 1. The molecule has 31 heavy (non-hydrogen) atoms. The van der Waals surface area contributed by atoms with Crippen LogP contribution in [0.1, 0.15) is 5.56 Å². The number of anilines is 1. The molecule has 3 aromatic carbocycles. The summed E-state index contributed by atoms with van der Waals surface area (Å²) in [5, 5.41) is 13.4. The van der Waals surface area contributed by atoms with Gasteiger partial charge in [0.15, 0.2) is 11.0 Å². The number of halogens is 2. The van der Waals surface area contributed by atoms with Crippen molar-refractivity contribution in [2.75, 3.05) is 11.1 Å². The first kappa shape index (κ1) is 21.4. The fourth-order valence-corrected chi connectivity index (χ4v) is 4.27. The van der Waals surface area contributed by atoms with Gasteiger partial charge in [0.2, 0.25) is 5.91 Å². The van der Waals surface area contributed by atoms with Gasteiger partial charge in [-0.25, -0.2) is 0 Å². The van der Waals surface area contributed by atoms with Crippen molar-refractivity contribution in [3.8, 4) is 17.1 Å². The number of hydrogen-bond acceptors (Lipinski definition) is 4. The number of carbonyl (C=O) groups is 1. The highest BCUT2D eigenvalue weighted by molar-refractivity contribution is 7.99. The van der Waals surface area contributed by atoms with E-state index in [1.54, 1.807) is 12.1 Å². The van der Waals surface area contributed by atoms with Crippen molar-refractivity contribution in [2.45, 2.75) is 12.1 Å². The summed E-state index contributed by atoms with van der Waals surface area (Å²) in [4.78, 5) is 12.6. The van der Waals surface area contributed by atoms with Crippen molar-refractivity contribution < 1.29 is 4.79 Å². The maximum absolute atomic E-state index is 12.6. The van der Waals surface area contributed by atoms with Crippen LogP contribution < -0.4 is 5.32 Å². The lowest BCUT2D eigenvalue weighted by Crippen LogP contribution is -2.15. The molecule has 156 valence electrons. The first-order valence-electron chi connectivity index (χ1n) is 9.47. The molecular formula is C23H18Cl2N4OS. The van der Waals surface area contributed by atoms with Crippen LogP contribution in [-0.4, -0.2) is 26.4 Å². The SMILES string of the molecule is Cc1cc(Cl)ccc1NC(=O)CSc1nnc(-c2ccccc2Cl)n1-c1ccccc1. The third-order valence-corrected chi connectivity index (χ3v) is 6.05. The Morgan fingerprint density at radius 3 is 2.48 bits per heavy atom. The first-order chi connectivity index (χ1) is 15.0. The summed E-state index contributed by atoms with van der Waals surface area (Å²) in [7, 11) is 0. The Labute approximate surface area is 194 Å². The molecule has 8 heteroatoms. The second-order valence-electron chi connectivity index (χ2n) is 6.75. The summed E-state index contributed by atoms with van der Waals surface area (Å²) in [6, 6.07) is 22.6. The average molecular weight is 469 g/mol. The van der Waals surface area contributed by atoms with Gasteiger partial charge in [0.1, 0.15) is 0 Å². The second kappa shape index (κ2) is 9.56. The van der Waals surface area contributed by atoms with E-state index in [-0.39, 0.29) is 11.7 Å².